The quantitative estimate of drug-likeness (QED) is 0.917. The van der Waals surface area contributed by atoms with Crippen molar-refractivity contribution in [2.75, 3.05) is 39.3 Å². The molecule has 0 saturated carbocycles. The number of rotatable bonds is 4. The zero-order chi connectivity index (χ0) is 13.9. The Labute approximate surface area is 120 Å². The highest BCUT2D eigenvalue weighted by Gasteiger charge is 2.41. The fourth-order valence-corrected chi connectivity index (χ4v) is 4.00. The molecule has 1 aromatic rings. The summed E-state index contributed by atoms with van der Waals surface area (Å²) >= 11 is 1.93. The minimum atomic E-state index is -0.732. The van der Waals surface area contributed by atoms with E-state index in [-0.39, 0.29) is 5.92 Å². The molecule has 1 N–H and O–H groups in total. The maximum atomic E-state index is 11.2. The van der Waals surface area contributed by atoms with Crippen LogP contribution in [-0.4, -0.2) is 49.3 Å². The predicted octanol–water partition coefficient (Wildman–Crippen LogP) is 2.20. The van der Waals surface area contributed by atoms with Gasteiger partial charge in [-0.2, -0.15) is 11.8 Å². The van der Waals surface area contributed by atoms with Gasteiger partial charge in [0.1, 0.15) is 5.75 Å². The number of methoxy groups -OCH3 is 1. The molecule has 2 rings (SSSR count). The summed E-state index contributed by atoms with van der Waals surface area (Å²) in [6.07, 6.45) is 0.809. The van der Waals surface area contributed by atoms with Crippen molar-refractivity contribution in [3.63, 3.8) is 0 Å². The first-order valence-corrected chi connectivity index (χ1v) is 7.81. The third-order valence-corrected chi connectivity index (χ3v) is 4.91. The van der Waals surface area contributed by atoms with Crippen LogP contribution < -0.4 is 4.74 Å². The van der Waals surface area contributed by atoms with Crippen molar-refractivity contribution in [1.29, 1.82) is 0 Å². The average molecular weight is 281 g/mol. The van der Waals surface area contributed by atoms with Crippen LogP contribution in [0.1, 0.15) is 12.0 Å². The van der Waals surface area contributed by atoms with E-state index in [9.17, 15) is 5.11 Å². The molecule has 1 aromatic carbocycles. The lowest BCUT2D eigenvalue weighted by Crippen LogP contribution is -2.45. The Morgan fingerprint density at radius 3 is 2.95 bits per heavy atom. The number of ether oxygens (including phenoxy) is 1. The average Bonchev–Trinajstić information content (AvgIpc) is 2.41. The standard InChI is InChI=1S/C15H23NO2S/c1-16(2)10-13-11-19-8-7-15(13,17)12-5-4-6-14(9-12)18-3/h4-6,9,13,17H,7-8,10-11H2,1-3H3/t13-,15?/m1/s1. The van der Waals surface area contributed by atoms with Gasteiger partial charge >= 0.3 is 0 Å². The van der Waals surface area contributed by atoms with Crippen LogP contribution in [0.15, 0.2) is 24.3 Å². The summed E-state index contributed by atoms with van der Waals surface area (Å²) in [5, 5.41) is 11.2. The number of hydrogen-bond donors (Lipinski definition) is 1. The van der Waals surface area contributed by atoms with Crippen LogP contribution in [0.25, 0.3) is 0 Å². The van der Waals surface area contributed by atoms with Gasteiger partial charge in [0.15, 0.2) is 0 Å². The molecule has 106 valence electrons. The lowest BCUT2D eigenvalue weighted by molar-refractivity contribution is -0.0294. The zero-order valence-electron chi connectivity index (χ0n) is 11.9. The number of aliphatic hydroxyl groups is 1. The molecule has 1 fully saturated rings. The Morgan fingerprint density at radius 2 is 2.26 bits per heavy atom. The Hall–Kier alpha value is -0.710. The summed E-state index contributed by atoms with van der Waals surface area (Å²) < 4.78 is 5.28. The predicted molar refractivity (Wildman–Crippen MR) is 80.9 cm³/mol. The minimum Gasteiger partial charge on any atom is -0.497 e. The Morgan fingerprint density at radius 1 is 1.47 bits per heavy atom. The molecule has 1 saturated heterocycles. The van der Waals surface area contributed by atoms with Gasteiger partial charge in [-0.25, -0.2) is 0 Å². The largest absolute Gasteiger partial charge is 0.497 e. The summed E-state index contributed by atoms with van der Waals surface area (Å²) in [4.78, 5) is 2.15. The fraction of sp³-hybridized carbons (Fsp3) is 0.600. The van der Waals surface area contributed by atoms with Crippen molar-refractivity contribution in [2.24, 2.45) is 5.92 Å². The number of hydrogen-bond acceptors (Lipinski definition) is 4. The molecule has 1 aliphatic rings. The lowest BCUT2D eigenvalue weighted by Gasteiger charge is -2.41. The Kier molecular flexibility index (Phi) is 4.76. The maximum Gasteiger partial charge on any atom is 0.119 e. The lowest BCUT2D eigenvalue weighted by atomic mass is 9.79. The van der Waals surface area contributed by atoms with E-state index >= 15 is 0 Å². The van der Waals surface area contributed by atoms with Gasteiger partial charge in [-0.15, -0.1) is 0 Å². The van der Waals surface area contributed by atoms with Gasteiger partial charge in [0.05, 0.1) is 12.7 Å². The highest BCUT2D eigenvalue weighted by molar-refractivity contribution is 7.99. The van der Waals surface area contributed by atoms with E-state index in [1.807, 2.05) is 36.0 Å². The second kappa shape index (κ2) is 6.16. The van der Waals surface area contributed by atoms with Gasteiger partial charge in [-0.05, 0) is 44.0 Å². The van der Waals surface area contributed by atoms with E-state index in [2.05, 4.69) is 19.0 Å². The molecule has 1 unspecified atom stereocenters. The molecular weight excluding hydrogens is 258 g/mol. The highest BCUT2D eigenvalue weighted by Crippen LogP contribution is 2.41. The third-order valence-electron chi connectivity index (χ3n) is 3.78. The van der Waals surface area contributed by atoms with Crippen LogP contribution in [0.4, 0.5) is 0 Å². The normalized spacial score (nSPS) is 27.5. The highest BCUT2D eigenvalue weighted by atomic mass is 32.2. The van der Waals surface area contributed by atoms with Crippen molar-refractivity contribution in [1.82, 2.24) is 4.90 Å². The molecular formula is C15H23NO2S. The minimum absolute atomic E-state index is 0.258. The van der Waals surface area contributed by atoms with E-state index in [0.29, 0.717) is 0 Å². The van der Waals surface area contributed by atoms with Crippen molar-refractivity contribution in [3.05, 3.63) is 29.8 Å². The molecule has 0 aliphatic carbocycles. The van der Waals surface area contributed by atoms with E-state index < -0.39 is 5.60 Å². The van der Waals surface area contributed by atoms with E-state index in [4.69, 9.17) is 4.74 Å². The van der Waals surface area contributed by atoms with Crippen LogP contribution in [0, 0.1) is 5.92 Å². The summed E-state index contributed by atoms with van der Waals surface area (Å²) in [6.45, 7) is 0.903. The van der Waals surface area contributed by atoms with E-state index in [1.165, 1.54) is 0 Å². The molecule has 2 atom stereocenters. The molecule has 19 heavy (non-hydrogen) atoms. The molecule has 1 heterocycles. The Bertz CT molecular complexity index is 424. The van der Waals surface area contributed by atoms with Crippen molar-refractivity contribution >= 4 is 11.8 Å². The number of nitrogens with zero attached hydrogens (tertiary/aromatic N) is 1. The van der Waals surface area contributed by atoms with E-state index in [0.717, 1.165) is 35.8 Å². The van der Waals surface area contributed by atoms with Crippen LogP contribution in [0.3, 0.4) is 0 Å². The summed E-state index contributed by atoms with van der Waals surface area (Å²) in [5.74, 6) is 3.09. The number of benzene rings is 1. The van der Waals surface area contributed by atoms with Gasteiger partial charge in [0, 0.05) is 18.2 Å². The molecule has 1 aliphatic heterocycles. The van der Waals surface area contributed by atoms with Crippen molar-refractivity contribution in [3.8, 4) is 5.75 Å². The van der Waals surface area contributed by atoms with Gasteiger partial charge in [-0.3, -0.25) is 0 Å². The molecule has 0 radical (unpaired) electrons. The van der Waals surface area contributed by atoms with Crippen LogP contribution in [0.5, 0.6) is 5.75 Å². The van der Waals surface area contributed by atoms with Gasteiger partial charge in [0.2, 0.25) is 0 Å². The summed E-state index contributed by atoms with van der Waals surface area (Å²) in [6, 6.07) is 7.87. The second-order valence-corrected chi connectivity index (χ2v) is 6.59. The fourth-order valence-electron chi connectivity index (χ4n) is 2.71. The van der Waals surface area contributed by atoms with Gasteiger partial charge in [-0.1, -0.05) is 12.1 Å². The Balaban J connectivity index is 2.30. The van der Waals surface area contributed by atoms with E-state index in [1.54, 1.807) is 7.11 Å². The van der Waals surface area contributed by atoms with Gasteiger partial charge in [0.25, 0.3) is 0 Å². The monoisotopic (exact) mass is 281 g/mol. The second-order valence-electron chi connectivity index (χ2n) is 5.44. The zero-order valence-corrected chi connectivity index (χ0v) is 12.7. The van der Waals surface area contributed by atoms with Crippen LogP contribution in [0.2, 0.25) is 0 Å². The SMILES string of the molecule is COc1cccc(C2(O)CCSC[C@H]2CN(C)C)c1. The molecule has 0 bridgehead atoms. The molecule has 0 aromatic heterocycles. The summed E-state index contributed by atoms with van der Waals surface area (Å²) in [5.41, 5.74) is 0.253. The summed E-state index contributed by atoms with van der Waals surface area (Å²) in [7, 11) is 5.79. The number of thioether (sulfide) groups is 1. The maximum absolute atomic E-state index is 11.2. The molecule has 0 amide bonds. The van der Waals surface area contributed by atoms with Crippen molar-refractivity contribution in [2.45, 2.75) is 12.0 Å². The molecule has 4 heteroatoms. The first-order valence-electron chi connectivity index (χ1n) is 6.65. The smallest absolute Gasteiger partial charge is 0.119 e. The molecule has 0 spiro atoms. The first-order chi connectivity index (χ1) is 9.06. The van der Waals surface area contributed by atoms with Crippen molar-refractivity contribution < 1.29 is 9.84 Å². The molecule has 3 nitrogen and oxygen atoms in total. The van der Waals surface area contributed by atoms with Crippen LogP contribution >= 0.6 is 11.8 Å². The first kappa shape index (κ1) is 14.7. The third kappa shape index (κ3) is 3.25. The van der Waals surface area contributed by atoms with Gasteiger partial charge < -0.3 is 14.7 Å². The van der Waals surface area contributed by atoms with Crippen LogP contribution in [-0.2, 0) is 5.60 Å². The topological polar surface area (TPSA) is 32.7 Å².